The minimum absolute atomic E-state index is 0.0303. The number of halogens is 1. The van der Waals surface area contributed by atoms with E-state index in [2.05, 4.69) is 30.8 Å². The number of hydrogen-bond acceptors (Lipinski definition) is 8. The summed E-state index contributed by atoms with van der Waals surface area (Å²) >= 11 is 12.3. The van der Waals surface area contributed by atoms with Gasteiger partial charge in [0, 0.05) is 57.6 Å². The number of carbonyl (C=O) groups excluding carboxylic acids is 3. The molecule has 1 aliphatic heterocycles. The topological polar surface area (TPSA) is 120 Å². The summed E-state index contributed by atoms with van der Waals surface area (Å²) in [6.07, 6.45) is 2.23. The molecule has 0 saturated carbocycles. The second-order valence-corrected chi connectivity index (χ2v) is 9.99. The van der Waals surface area contributed by atoms with Crippen LogP contribution in [-0.4, -0.2) is 82.8 Å². The van der Waals surface area contributed by atoms with Gasteiger partial charge in [-0.05, 0) is 19.2 Å². The fourth-order valence-electron chi connectivity index (χ4n) is 3.15. The van der Waals surface area contributed by atoms with Crippen molar-refractivity contribution in [2.24, 2.45) is 0 Å². The lowest BCUT2D eigenvalue weighted by Crippen LogP contribution is -2.47. The largest absolute Gasteiger partial charge is 0.370 e. The third kappa shape index (κ3) is 7.16. The molecule has 1 atom stereocenters. The number of aromatic nitrogens is 2. The van der Waals surface area contributed by atoms with Crippen molar-refractivity contribution >= 4 is 63.7 Å². The molecule has 2 aromatic rings. The molecule has 1 aliphatic rings. The first kappa shape index (κ1) is 25.9. The molecular weight excluding hydrogens is 498 g/mol. The van der Waals surface area contributed by atoms with Crippen LogP contribution in [0.25, 0.3) is 0 Å². The second kappa shape index (κ2) is 11.6. The van der Waals surface area contributed by atoms with Crippen molar-refractivity contribution in [3.8, 4) is 0 Å². The van der Waals surface area contributed by atoms with Crippen molar-refractivity contribution in [3.63, 3.8) is 0 Å². The lowest BCUT2D eigenvalue weighted by molar-refractivity contribution is -0.129. The van der Waals surface area contributed by atoms with E-state index in [0.29, 0.717) is 15.8 Å². The van der Waals surface area contributed by atoms with Crippen LogP contribution in [0.1, 0.15) is 26.8 Å². The third-order valence-electron chi connectivity index (χ3n) is 5.06. The number of fused-ring (bicyclic) bond motifs is 1. The average Bonchev–Trinajstić information content (AvgIpc) is 3.22. The molecule has 0 bridgehead atoms. The Balaban J connectivity index is 1.61. The van der Waals surface area contributed by atoms with Gasteiger partial charge in [0.15, 0.2) is 10.00 Å². The maximum absolute atomic E-state index is 12.9. The number of carbonyl (C=O) groups is 3. The average molecular weight is 524 g/mol. The Kier molecular flexibility index (Phi) is 8.89. The van der Waals surface area contributed by atoms with E-state index in [1.54, 1.807) is 26.2 Å². The van der Waals surface area contributed by atoms with Crippen molar-refractivity contribution in [2.75, 3.05) is 39.5 Å². The molecule has 182 valence electrons. The highest BCUT2D eigenvalue weighted by Gasteiger charge is 2.25. The Morgan fingerprint density at radius 1 is 1.32 bits per heavy atom. The first-order chi connectivity index (χ1) is 16.1. The first-order valence-corrected chi connectivity index (χ1v) is 12.1. The van der Waals surface area contributed by atoms with E-state index in [4.69, 9.17) is 23.8 Å². The second-order valence-electron chi connectivity index (χ2n) is 8.07. The summed E-state index contributed by atoms with van der Waals surface area (Å²) in [6, 6.07) is 2.53. The predicted molar refractivity (Wildman–Crippen MR) is 135 cm³/mol. The van der Waals surface area contributed by atoms with Crippen LogP contribution in [-0.2, 0) is 22.6 Å². The number of thiocarbonyl (C=S) groups is 1. The van der Waals surface area contributed by atoms with E-state index >= 15 is 0 Å². The molecule has 3 amide bonds. The smallest absolute Gasteiger partial charge is 0.284 e. The summed E-state index contributed by atoms with van der Waals surface area (Å²) in [5, 5.41) is 9.04. The van der Waals surface area contributed by atoms with Crippen LogP contribution in [0.2, 0.25) is 5.02 Å². The summed E-state index contributed by atoms with van der Waals surface area (Å²) in [7, 11) is 5.30. The van der Waals surface area contributed by atoms with Gasteiger partial charge in [0.2, 0.25) is 5.91 Å². The number of likely N-dealkylation sites (N-methyl/N-ethyl adjacent to an activating group) is 1. The van der Waals surface area contributed by atoms with E-state index < -0.39 is 11.9 Å². The number of nitrogens with zero attached hydrogens (tertiary/aromatic N) is 4. The number of anilines is 1. The van der Waals surface area contributed by atoms with Gasteiger partial charge in [-0.2, -0.15) is 0 Å². The maximum atomic E-state index is 12.9. The Morgan fingerprint density at radius 3 is 2.76 bits per heavy atom. The highest BCUT2D eigenvalue weighted by atomic mass is 35.5. The molecule has 0 radical (unpaired) electrons. The minimum atomic E-state index is -0.606. The van der Waals surface area contributed by atoms with E-state index in [0.717, 1.165) is 30.1 Å². The molecule has 3 rings (SSSR count). The molecule has 3 N–H and O–H groups in total. The Bertz CT molecular complexity index is 1070. The summed E-state index contributed by atoms with van der Waals surface area (Å²) in [5.41, 5.74) is 0.945. The SMILES string of the molecule is CN1CCc2nc(C(=O)N[C@@H](CNC(=S)C(=O)Nc3ccc(Cl)cn3)CC(=O)N(C)C)sc2C1. The van der Waals surface area contributed by atoms with E-state index in [-0.39, 0.29) is 29.8 Å². The number of rotatable bonds is 7. The zero-order valence-electron chi connectivity index (χ0n) is 19.1. The summed E-state index contributed by atoms with van der Waals surface area (Å²) in [6.45, 7) is 1.74. The van der Waals surface area contributed by atoms with Gasteiger partial charge in [0.05, 0.1) is 16.8 Å². The molecule has 3 heterocycles. The number of nitrogens with one attached hydrogen (secondary N) is 3. The summed E-state index contributed by atoms with van der Waals surface area (Å²) < 4.78 is 0. The van der Waals surface area contributed by atoms with E-state index in [1.165, 1.54) is 22.4 Å². The van der Waals surface area contributed by atoms with Crippen LogP contribution in [0.4, 0.5) is 5.82 Å². The van der Waals surface area contributed by atoms with Crippen LogP contribution in [0.15, 0.2) is 18.3 Å². The normalized spacial score (nSPS) is 14.0. The molecule has 34 heavy (non-hydrogen) atoms. The van der Waals surface area contributed by atoms with Crippen LogP contribution in [0, 0.1) is 0 Å². The van der Waals surface area contributed by atoms with E-state index in [9.17, 15) is 14.4 Å². The van der Waals surface area contributed by atoms with Crippen LogP contribution < -0.4 is 16.0 Å². The van der Waals surface area contributed by atoms with Crippen molar-refractivity contribution in [3.05, 3.63) is 38.9 Å². The van der Waals surface area contributed by atoms with E-state index in [1.807, 2.05) is 7.05 Å². The van der Waals surface area contributed by atoms with Crippen LogP contribution in [0.5, 0.6) is 0 Å². The van der Waals surface area contributed by atoms with Crippen molar-refractivity contribution in [1.29, 1.82) is 0 Å². The summed E-state index contributed by atoms with van der Waals surface area (Å²) in [5.74, 6) is -0.802. The zero-order valence-corrected chi connectivity index (χ0v) is 21.4. The fraction of sp³-hybridized carbons (Fsp3) is 0.429. The molecular formula is C21H26ClN7O3S2. The molecule has 0 saturated heterocycles. The first-order valence-electron chi connectivity index (χ1n) is 10.5. The molecule has 10 nitrogen and oxygen atoms in total. The lowest BCUT2D eigenvalue weighted by Gasteiger charge is -2.21. The quantitative estimate of drug-likeness (QED) is 0.465. The monoisotopic (exact) mass is 523 g/mol. The maximum Gasteiger partial charge on any atom is 0.284 e. The van der Waals surface area contributed by atoms with Crippen LogP contribution >= 0.6 is 35.2 Å². The molecule has 0 unspecified atom stereocenters. The molecule has 13 heteroatoms. The Hall–Kier alpha value is -2.67. The third-order valence-corrected chi connectivity index (χ3v) is 6.69. The van der Waals surface area contributed by atoms with Gasteiger partial charge < -0.3 is 25.8 Å². The Morgan fingerprint density at radius 2 is 2.09 bits per heavy atom. The number of hydrogen-bond donors (Lipinski definition) is 3. The predicted octanol–water partition coefficient (Wildman–Crippen LogP) is 1.31. The van der Waals surface area contributed by atoms with Crippen molar-refractivity contribution in [2.45, 2.75) is 25.4 Å². The standard InChI is InChI=1S/C21H26ClN7O3S2/c1-28(2)17(30)8-13(10-24-20(33)18(31)27-16-5-4-12(22)9-23-16)25-19(32)21-26-14-6-7-29(3)11-15(14)34-21/h4-5,9,13H,6-8,10-11H2,1-3H3,(H,24,33)(H,25,32)(H,23,27,31)/t13-/m1/s1. The lowest BCUT2D eigenvalue weighted by atomic mass is 10.2. The van der Waals surface area contributed by atoms with Gasteiger partial charge in [-0.3, -0.25) is 14.4 Å². The highest BCUT2D eigenvalue weighted by molar-refractivity contribution is 7.82. The highest BCUT2D eigenvalue weighted by Crippen LogP contribution is 2.24. The van der Waals surface area contributed by atoms with Crippen molar-refractivity contribution < 1.29 is 14.4 Å². The van der Waals surface area contributed by atoms with Gasteiger partial charge in [0.1, 0.15) is 5.82 Å². The molecule has 0 aromatic carbocycles. The number of pyridine rings is 1. The number of thiazole rings is 1. The molecule has 0 spiro atoms. The minimum Gasteiger partial charge on any atom is -0.370 e. The van der Waals surface area contributed by atoms with Crippen molar-refractivity contribution in [1.82, 2.24) is 30.4 Å². The van der Waals surface area contributed by atoms with Crippen LogP contribution in [0.3, 0.4) is 0 Å². The van der Waals surface area contributed by atoms with Gasteiger partial charge in [0.25, 0.3) is 11.8 Å². The van der Waals surface area contributed by atoms with Gasteiger partial charge in [-0.15, -0.1) is 11.3 Å². The van der Waals surface area contributed by atoms with Gasteiger partial charge in [-0.25, -0.2) is 9.97 Å². The molecule has 2 aromatic heterocycles. The fourth-order valence-corrected chi connectivity index (χ4v) is 4.49. The molecule has 0 fully saturated rings. The number of amides is 3. The zero-order chi connectivity index (χ0) is 24.8. The van der Waals surface area contributed by atoms with Gasteiger partial charge >= 0.3 is 0 Å². The van der Waals surface area contributed by atoms with Gasteiger partial charge in [-0.1, -0.05) is 23.8 Å². The summed E-state index contributed by atoms with van der Waals surface area (Å²) in [4.78, 5) is 50.6. The Labute approximate surface area is 212 Å². The molecule has 0 aliphatic carbocycles.